The Balaban J connectivity index is 2.11. The van der Waals surface area contributed by atoms with Gasteiger partial charge in [0.1, 0.15) is 5.78 Å². The van der Waals surface area contributed by atoms with E-state index >= 15 is 0 Å². The van der Waals surface area contributed by atoms with Crippen molar-refractivity contribution >= 4 is 32.6 Å². The number of Topliss-reactive ketones (excluding diaryl/α,β-unsaturated/α-hetero) is 1. The van der Waals surface area contributed by atoms with Crippen LogP contribution in [-0.2, 0) is 11.3 Å². The van der Waals surface area contributed by atoms with Gasteiger partial charge in [-0.25, -0.2) is 0 Å². The predicted molar refractivity (Wildman–Crippen MR) is 74.2 cm³/mol. The van der Waals surface area contributed by atoms with Crippen molar-refractivity contribution in [3.8, 4) is 0 Å². The van der Waals surface area contributed by atoms with E-state index in [1.807, 2.05) is 19.1 Å². The number of aryl methyl sites for hydroxylation is 1. The second-order valence-electron chi connectivity index (χ2n) is 4.18. The predicted octanol–water partition coefficient (Wildman–Crippen LogP) is 4.16. The van der Waals surface area contributed by atoms with Crippen LogP contribution in [0.4, 0.5) is 0 Å². The molecule has 0 spiro atoms. The Morgan fingerprint density at radius 3 is 2.88 bits per heavy atom. The van der Waals surface area contributed by atoms with Crippen LogP contribution in [0.2, 0.25) is 0 Å². The number of rotatable bonds is 5. The molecule has 0 fully saturated rings. The van der Waals surface area contributed by atoms with E-state index in [0.29, 0.717) is 18.6 Å². The molecule has 0 N–H and O–H groups in total. The maximum atomic E-state index is 11.3. The molecule has 0 aliphatic heterocycles. The molecule has 90 valence electrons. The SMILES string of the molecule is CCC(=O)CCCn1cc(Br)c2ccccc21. The molecule has 0 saturated carbocycles. The monoisotopic (exact) mass is 293 g/mol. The number of carbonyl (C=O) groups excluding carboxylic acids is 1. The Morgan fingerprint density at radius 1 is 1.35 bits per heavy atom. The van der Waals surface area contributed by atoms with Crippen LogP contribution in [0.3, 0.4) is 0 Å². The zero-order valence-corrected chi connectivity index (χ0v) is 11.5. The van der Waals surface area contributed by atoms with E-state index in [1.165, 1.54) is 10.9 Å². The average Bonchev–Trinajstić information content (AvgIpc) is 2.67. The van der Waals surface area contributed by atoms with E-state index in [1.54, 1.807) is 0 Å². The lowest BCUT2D eigenvalue weighted by atomic mass is 10.2. The van der Waals surface area contributed by atoms with Crippen molar-refractivity contribution in [1.82, 2.24) is 4.57 Å². The van der Waals surface area contributed by atoms with Crippen LogP contribution in [0.25, 0.3) is 10.9 Å². The van der Waals surface area contributed by atoms with E-state index in [-0.39, 0.29) is 0 Å². The average molecular weight is 294 g/mol. The van der Waals surface area contributed by atoms with Gasteiger partial charge in [-0.05, 0) is 28.4 Å². The van der Waals surface area contributed by atoms with Crippen molar-refractivity contribution in [2.24, 2.45) is 0 Å². The van der Waals surface area contributed by atoms with Crippen molar-refractivity contribution < 1.29 is 4.79 Å². The summed E-state index contributed by atoms with van der Waals surface area (Å²) in [5.41, 5.74) is 1.23. The fourth-order valence-electron chi connectivity index (χ4n) is 2.01. The number of halogens is 1. The van der Waals surface area contributed by atoms with Crippen LogP contribution in [0.1, 0.15) is 26.2 Å². The fourth-order valence-corrected chi connectivity index (χ4v) is 2.59. The second kappa shape index (κ2) is 5.50. The van der Waals surface area contributed by atoms with E-state index < -0.39 is 0 Å². The summed E-state index contributed by atoms with van der Waals surface area (Å²) in [6.07, 6.45) is 4.34. The van der Waals surface area contributed by atoms with Gasteiger partial charge in [-0.1, -0.05) is 25.1 Å². The molecule has 1 aromatic carbocycles. The Labute approximate surface area is 110 Å². The summed E-state index contributed by atoms with van der Waals surface area (Å²) in [5, 5.41) is 1.23. The Hall–Kier alpha value is -1.09. The summed E-state index contributed by atoms with van der Waals surface area (Å²) in [6, 6.07) is 8.30. The molecule has 1 aromatic heterocycles. The molecule has 1 heterocycles. The highest BCUT2D eigenvalue weighted by Gasteiger charge is 2.05. The summed E-state index contributed by atoms with van der Waals surface area (Å²) >= 11 is 3.56. The quantitative estimate of drug-likeness (QED) is 0.811. The molecular formula is C14H16BrNO. The van der Waals surface area contributed by atoms with Crippen molar-refractivity contribution in [2.45, 2.75) is 32.7 Å². The van der Waals surface area contributed by atoms with E-state index in [4.69, 9.17) is 0 Å². The van der Waals surface area contributed by atoms with Crippen molar-refractivity contribution in [2.75, 3.05) is 0 Å². The molecule has 2 rings (SSSR count). The standard InChI is InChI=1S/C14H16BrNO/c1-2-11(17)6-5-9-16-10-13(15)12-7-3-4-8-14(12)16/h3-4,7-8,10H,2,5-6,9H2,1H3. The minimum atomic E-state index is 0.348. The van der Waals surface area contributed by atoms with Crippen LogP contribution in [-0.4, -0.2) is 10.4 Å². The maximum absolute atomic E-state index is 11.3. The van der Waals surface area contributed by atoms with Gasteiger partial charge in [0.05, 0.1) is 0 Å². The number of hydrogen-bond donors (Lipinski definition) is 0. The third kappa shape index (κ3) is 2.78. The summed E-state index contributed by atoms with van der Waals surface area (Å²) in [5.74, 6) is 0.348. The molecule has 2 aromatic rings. The van der Waals surface area contributed by atoms with Crippen LogP contribution in [0.15, 0.2) is 34.9 Å². The van der Waals surface area contributed by atoms with Gasteiger partial charge in [0.25, 0.3) is 0 Å². The molecular weight excluding hydrogens is 278 g/mol. The summed E-state index contributed by atoms with van der Waals surface area (Å²) in [6.45, 7) is 2.82. The zero-order chi connectivity index (χ0) is 12.3. The van der Waals surface area contributed by atoms with Gasteiger partial charge in [-0.2, -0.15) is 0 Å². The number of carbonyl (C=O) groups is 1. The Kier molecular flexibility index (Phi) is 4.00. The minimum absolute atomic E-state index is 0.348. The molecule has 0 saturated heterocycles. The maximum Gasteiger partial charge on any atom is 0.132 e. The molecule has 17 heavy (non-hydrogen) atoms. The van der Waals surface area contributed by atoms with Gasteiger partial charge < -0.3 is 4.57 Å². The van der Waals surface area contributed by atoms with Gasteiger partial charge in [0.15, 0.2) is 0 Å². The van der Waals surface area contributed by atoms with Gasteiger partial charge in [-0.15, -0.1) is 0 Å². The highest BCUT2D eigenvalue weighted by molar-refractivity contribution is 9.10. The number of hydrogen-bond acceptors (Lipinski definition) is 1. The third-order valence-corrected chi connectivity index (χ3v) is 3.62. The molecule has 3 heteroatoms. The number of fused-ring (bicyclic) bond motifs is 1. The van der Waals surface area contributed by atoms with Crippen LogP contribution < -0.4 is 0 Å². The number of aromatic nitrogens is 1. The third-order valence-electron chi connectivity index (χ3n) is 2.99. The number of nitrogens with zero attached hydrogens (tertiary/aromatic N) is 1. The molecule has 0 aliphatic rings. The zero-order valence-electron chi connectivity index (χ0n) is 9.95. The van der Waals surface area contributed by atoms with Crippen molar-refractivity contribution in [1.29, 1.82) is 0 Å². The summed E-state index contributed by atoms with van der Waals surface area (Å²) in [4.78, 5) is 11.3. The van der Waals surface area contributed by atoms with Crippen LogP contribution in [0.5, 0.6) is 0 Å². The topological polar surface area (TPSA) is 22.0 Å². The number of para-hydroxylation sites is 1. The molecule has 0 aliphatic carbocycles. The molecule has 0 bridgehead atoms. The molecule has 0 radical (unpaired) electrons. The summed E-state index contributed by atoms with van der Waals surface area (Å²) in [7, 11) is 0. The van der Waals surface area contributed by atoms with Crippen LogP contribution >= 0.6 is 15.9 Å². The smallest absolute Gasteiger partial charge is 0.132 e. The van der Waals surface area contributed by atoms with Crippen molar-refractivity contribution in [3.05, 3.63) is 34.9 Å². The molecule has 2 nitrogen and oxygen atoms in total. The minimum Gasteiger partial charge on any atom is -0.346 e. The molecule has 0 unspecified atom stereocenters. The first-order valence-corrected chi connectivity index (χ1v) is 6.76. The van der Waals surface area contributed by atoms with Gasteiger partial charge in [0, 0.05) is 41.0 Å². The highest BCUT2D eigenvalue weighted by Crippen LogP contribution is 2.26. The first-order valence-electron chi connectivity index (χ1n) is 5.97. The lowest BCUT2D eigenvalue weighted by Gasteiger charge is -2.04. The van der Waals surface area contributed by atoms with Crippen molar-refractivity contribution in [3.63, 3.8) is 0 Å². The van der Waals surface area contributed by atoms with E-state index in [9.17, 15) is 4.79 Å². The first-order chi connectivity index (χ1) is 8.22. The van der Waals surface area contributed by atoms with E-state index in [0.717, 1.165) is 17.4 Å². The van der Waals surface area contributed by atoms with Gasteiger partial charge in [-0.3, -0.25) is 4.79 Å². The number of benzene rings is 1. The van der Waals surface area contributed by atoms with Crippen LogP contribution in [0, 0.1) is 0 Å². The largest absolute Gasteiger partial charge is 0.346 e. The van der Waals surface area contributed by atoms with E-state index in [2.05, 4.69) is 38.8 Å². The van der Waals surface area contributed by atoms with Gasteiger partial charge >= 0.3 is 0 Å². The number of ketones is 1. The normalized spacial score (nSPS) is 10.9. The van der Waals surface area contributed by atoms with Gasteiger partial charge in [0.2, 0.25) is 0 Å². The molecule has 0 amide bonds. The lowest BCUT2D eigenvalue weighted by molar-refractivity contribution is -0.118. The highest BCUT2D eigenvalue weighted by atomic mass is 79.9. The second-order valence-corrected chi connectivity index (χ2v) is 5.04. The molecule has 0 atom stereocenters. The fraction of sp³-hybridized carbons (Fsp3) is 0.357. The first kappa shape index (κ1) is 12.4. The Morgan fingerprint density at radius 2 is 2.12 bits per heavy atom. The summed E-state index contributed by atoms with van der Waals surface area (Å²) < 4.78 is 3.33. The lowest BCUT2D eigenvalue weighted by Crippen LogP contribution is -2.00. The Bertz CT molecular complexity index is 530.